The van der Waals surface area contributed by atoms with Crippen LogP contribution in [0.25, 0.3) is 0 Å². The lowest BCUT2D eigenvalue weighted by Crippen LogP contribution is -2.23. The van der Waals surface area contributed by atoms with E-state index in [2.05, 4.69) is 29.1 Å². The zero-order valence-corrected chi connectivity index (χ0v) is 8.39. The summed E-state index contributed by atoms with van der Waals surface area (Å²) in [7, 11) is 0. The van der Waals surface area contributed by atoms with Crippen molar-refractivity contribution in [2.24, 2.45) is 5.92 Å². The average Bonchev–Trinajstić information content (AvgIpc) is 2.01. The molecule has 0 aliphatic rings. The molecule has 0 saturated heterocycles. The van der Waals surface area contributed by atoms with Crippen LogP contribution in [0.5, 0.6) is 0 Å². The van der Waals surface area contributed by atoms with Crippen molar-refractivity contribution in [2.75, 3.05) is 11.9 Å². The first-order chi connectivity index (χ1) is 6.58. The highest BCUT2D eigenvalue weighted by Gasteiger charge is 1.96. The second kappa shape index (κ2) is 4.64. The Kier molecular flexibility index (Phi) is 3.50. The molecule has 3 N–H and O–H groups in total. The van der Waals surface area contributed by atoms with Crippen LogP contribution >= 0.6 is 0 Å². The van der Waals surface area contributed by atoms with Crippen molar-refractivity contribution in [1.29, 1.82) is 0 Å². The third-order valence-corrected chi connectivity index (χ3v) is 1.80. The molecule has 14 heavy (non-hydrogen) atoms. The van der Waals surface area contributed by atoms with Gasteiger partial charge in [-0.3, -0.25) is 14.8 Å². The molecule has 0 spiro atoms. The normalized spacial score (nSPS) is 10.5. The molecule has 0 aromatic carbocycles. The fourth-order valence-corrected chi connectivity index (χ4v) is 1.06. The SMILES string of the molecule is CC(C)CCNc1cc(=O)[nH]c(=O)[nH]1. The Morgan fingerprint density at radius 1 is 1.36 bits per heavy atom. The molecule has 0 saturated carbocycles. The molecule has 78 valence electrons. The molecule has 1 aromatic rings. The van der Waals surface area contributed by atoms with Crippen LogP contribution in [0.3, 0.4) is 0 Å². The largest absolute Gasteiger partial charge is 0.371 e. The zero-order chi connectivity index (χ0) is 10.6. The van der Waals surface area contributed by atoms with Gasteiger partial charge in [0.05, 0.1) is 0 Å². The molecule has 0 fully saturated rings. The maximum atomic E-state index is 10.9. The first kappa shape index (κ1) is 10.6. The molecule has 0 aliphatic heterocycles. The second-order valence-corrected chi connectivity index (χ2v) is 3.61. The van der Waals surface area contributed by atoms with Crippen molar-refractivity contribution in [2.45, 2.75) is 20.3 Å². The molecule has 0 radical (unpaired) electrons. The number of aromatic nitrogens is 2. The van der Waals surface area contributed by atoms with Gasteiger partial charge in [0.1, 0.15) is 5.82 Å². The number of rotatable bonds is 4. The Hall–Kier alpha value is -1.52. The highest BCUT2D eigenvalue weighted by Crippen LogP contribution is 2.00. The standard InChI is InChI=1S/C9H15N3O2/c1-6(2)3-4-10-7-5-8(13)12-9(14)11-7/h5-6H,3-4H2,1-2H3,(H3,10,11,12,13,14). The Morgan fingerprint density at radius 2 is 2.07 bits per heavy atom. The topological polar surface area (TPSA) is 77.8 Å². The third kappa shape index (κ3) is 3.47. The molecule has 1 heterocycles. The van der Waals surface area contributed by atoms with Crippen LogP contribution in [0.4, 0.5) is 5.82 Å². The van der Waals surface area contributed by atoms with E-state index in [1.165, 1.54) is 6.07 Å². The van der Waals surface area contributed by atoms with E-state index in [0.717, 1.165) is 13.0 Å². The van der Waals surface area contributed by atoms with Crippen LogP contribution < -0.4 is 16.6 Å². The van der Waals surface area contributed by atoms with E-state index < -0.39 is 5.69 Å². The van der Waals surface area contributed by atoms with Gasteiger partial charge < -0.3 is 5.32 Å². The number of aromatic amines is 2. The highest BCUT2D eigenvalue weighted by atomic mass is 16.2. The maximum absolute atomic E-state index is 10.9. The Morgan fingerprint density at radius 3 is 2.64 bits per heavy atom. The summed E-state index contributed by atoms with van der Waals surface area (Å²) in [5.41, 5.74) is -0.870. The van der Waals surface area contributed by atoms with Crippen molar-refractivity contribution in [3.05, 3.63) is 26.9 Å². The lowest BCUT2D eigenvalue weighted by atomic mass is 10.1. The molecular weight excluding hydrogens is 182 g/mol. The van der Waals surface area contributed by atoms with Gasteiger partial charge in [0.2, 0.25) is 0 Å². The molecule has 0 atom stereocenters. The van der Waals surface area contributed by atoms with Crippen LogP contribution in [-0.2, 0) is 0 Å². The monoisotopic (exact) mass is 197 g/mol. The minimum absolute atomic E-state index is 0.388. The summed E-state index contributed by atoms with van der Waals surface area (Å²) >= 11 is 0. The first-order valence-corrected chi connectivity index (χ1v) is 4.65. The summed E-state index contributed by atoms with van der Waals surface area (Å²) in [6, 6.07) is 1.34. The number of hydrogen-bond acceptors (Lipinski definition) is 3. The van der Waals surface area contributed by atoms with Gasteiger partial charge in [0.25, 0.3) is 5.56 Å². The molecule has 0 unspecified atom stereocenters. The van der Waals surface area contributed by atoms with E-state index >= 15 is 0 Å². The van der Waals surface area contributed by atoms with Gasteiger partial charge in [-0.15, -0.1) is 0 Å². The minimum Gasteiger partial charge on any atom is -0.371 e. The smallest absolute Gasteiger partial charge is 0.327 e. The number of anilines is 1. The Bertz CT molecular complexity index is 363. The summed E-state index contributed by atoms with van der Waals surface area (Å²) < 4.78 is 0. The quantitative estimate of drug-likeness (QED) is 0.658. The highest BCUT2D eigenvalue weighted by molar-refractivity contribution is 5.31. The van der Waals surface area contributed by atoms with Gasteiger partial charge >= 0.3 is 5.69 Å². The lowest BCUT2D eigenvalue weighted by Gasteiger charge is -2.06. The summed E-state index contributed by atoms with van der Waals surface area (Å²) in [5.74, 6) is 1.07. The molecule has 0 amide bonds. The second-order valence-electron chi connectivity index (χ2n) is 3.61. The molecular formula is C9H15N3O2. The van der Waals surface area contributed by atoms with E-state index in [9.17, 15) is 9.59 Å². The average molecular weight is 197 g/mol. The van der Waals surface area contributed by atoms with E-state index in [4.69, 9.17) is 0 Å². The predicted octanol–water partition coefficient (Wildman–Crippen LogP) is 0.521. The fourth-order valence-electron chi connectivity index (χ4n) is 1.06. The van der Waals surface area contributed by atoms with E-state index in [1.54, 1.807) is 0 Å². The zero-order valence-electron chi connectivity index (χ0n) is 8.39. The molecule has 5 heteroatoms. The van der Waals surface area contributed by atoms with Crippen molar-refractivity contribution >= 4 is 5.82 Å². The molecule has 1 rings (SSSR count). The summed E-state index contributed by atoms with van der Waals surface area (Å²) in [4.78, 5) is 26.4. The van der Waals surface area contributed by atoms with Crippen LogP contribution in [0, 0.1) is 5.92 Å². The fraction of sp³-hybridized carbons (Fsp3) is 0.556. The third-order valence-electron chi connectivity index (χ3n) is 1.80. The molecule has 0 aliphatic carbocycles. The van der Waals surface area contributed by atoms with Crippen LogP contribution in [0.15, 0.2) is 15.7 Å². The minimum atomic E-state index is -0.482. The van der Waals surface area contributed by atoms with Crippen molar-refractivity contribution in [1.82, 2.24) is 9.97 Å². The van der Waals surface area contributed by atoms with Crippen LogP contribution in [-0.4, -0.2) is 16.5 Å². The van der Waals surface area contributed by atoms with Gasteiger partial charge in [-0.25, -0.2) is 4.79 Å². The van der Waals surface area contributed by atoms with Gasteiger partial charge in [0.15, 0.2) is 0 Å². The summed E-state index contributed by atoms with van der Waals surface area (Å²) in [5, 5.41) is 2.98. The molecule has 5 nitrogen and oxygen atoms in total. The first-order valence-electron chi connectivity index (χ1n) is 4.65. The molecule has 1 aromatic heterocycles. The lowest BCUT2D eigenvalue weighted by molar-refractivity contribution is 0.606. The van der Waals surface area contributed by atoms with Gasteiger partial charge in [-0.1, -0.05) is 13.8 Å². The van der Waals surface area contributed by atoms with E-state index in [-0.39, 0.29) is 5.56 Å². The molecule has 0 bridgehead atoms. The number of nitrogens with one attached hydrogen (secondary N) is 3. The summed E-state index contributed by atoms with van der Waals surface area (Å²) in [6.07, 6.45) is 0.995. The van der Waals surface area contributed by atoms with E-state index in [0.29, 0.717) is 11.7 Å². The predicted molar refractivity (Wildman–Crippen MR) is 55.6 cm³/mol. The van der Waals surface area contributed by atoms with Crippen molar-refractivity contribution in [3.8, 4) is 0 Å². The van der Waals surface area contributed by atoms with Crippen molar-refractivity contribution in [3.63, 3.8) is 0 Å². The van der Waals surface area contributed by atoms with Gasteiger partial charge in [-0.2, -0.15) is 0 Å². The Balaban J connectivity index is 2.59. The van der Waals surface area contributed by atoms with Crippen molar-refractivity contribution < 1.29 is 0 Å². The summed E-state index contributed by atoms with van der Waals surface area (Å²) in [6.45, 7) is 4.97. The number of H-pyrrole nitrogens is 2. The van der Waals surface area contributed by atoms with Gasteiger partial charge in [-0.05, 0) is 12.3 Å². The number of hydrogen-bond donors (Lipinski definition) is 3. The van der Waals surface area contributed by atoms with Crippen LogP contribution in [0.2, 0.25) is 0 Å². The maximum Gasteiger partial charge on any atom is 0.327 e. The van der Waals surface area contributed by atoms with Crippen LogP contribution in [0.1, 0.15) is 20.3 Å². The van der Waals surface area contributed by atoms with Gasteiger partial charge in [0, 0.05) is 12.6 Å². The van der Waals surface area contributed by atoms with E-state index in [1.807, 2.05) is 0 Å². The Labute approximate surface area is 81.6 Å².